The van der Waals surface area contributed by atoms with E-state index in [0.717, 1.165) is 32.1 Å². The van der Waals surface area contributed by atoms with E-state index < -0.39 is 0 Å². The van der Waals surface area contributed by atoms with Crippen molar-refractivity contribution in [1.82, 2.24) is 4.57 Å². The molecule has 0 saturated heterocycles. The molecule has 5 aromatic carbocycles. The van der Waals surface area contributed by atoms with E-state index in [4.69, 9.17) is 4.42 Å². The fourth-order valence-corrected chi connectivity index (χ4v) is 6.91. The van der Waals surface area contributed by atoms with E-state index in [2.05, 4.69) is 119 Å². The highest BCUT2D eigenvalue weighted by molar-refractivity contribution is 9.10. The highest BCUT2D eigenvalue weighted by Gasteiger charge is 2.36. The molecule has 0 atom stereocenters. The molecule has 0 fully saturated rings. The number of para-hydroxylation sites is 1. The minimum Gasteiger partial charge on any atom is -0.456 e. The molecular weight excluding hydrogens is 506 g/mol. The fourth-order valence-electron chi connectivity index (χ4n) is 6.35. The average molecular weight is 528 g/mol. The first-order chi connectivity index (χ1) is 17.5. The summed E-state index contributed by atoms with van der Waals surface area (Å²) in [7, 11) is 0. The molecule has 1 aliphatic rings. The van der Waals surface area contributed by atoms with Crippen LogP contribution >= 0.6 is 15.9 Å². The lowest BCUT2D eigenvalue weighted by Gasteiger charge is -2.21. The summed E-state index contributed by atoms with van der Waals surface area (Å²) in [4.78, 5) is 0. The Labute approximate surface area is 216 Å². The first kappa shape index (κ1) is 20.4. The first-order valence-electron chi connectivity index (χ1n) is 12.3. The Kier molecular flexibility index (Phi) is 3.90. The van der Waals surface area contributed by atoms with Gasteiger partial charge >= 0.3 is 0 Å². The molecule has 0 aliphatic heterocycles. The van der Waals surface area contributed by atoms with Crippen LogP contribution < -0.4 is 0 Å². The predicted octanol–water partition coefficient (Wildman–Crippen LogP) is 9.75. The van der Waals surface area contributed by atoms with Gasteiger partial charge in [0.25, 0.3) is 0 Å². The smallest absolute Gasteiger partial charge is 0.136 e. The molecular formula is C33H22BrNO. The molecule has 172 valence electrons. The highest BCUT2D eigenvalue weighted by atomic mass is 79.9. The molecule has 0 bridgehead atoms. The topological polar surface area (TPSA) is 18.1 Å². The first-order valence-corrected chi connectivity index (χ1v) is 13.1. The number of rotatable bonds is 1. The highest BCUT2D eigenvalue weighted by Crippen LogP contribution is 2.51. The van der Waals surface area contributed by atoms with Gasteiger partial charge in [0.15, 0.2) is 0 Å². The van der Waals surface area contributed by atoms with E-state index in [1.54, 1.807) is 0 Å². The zero-order valence-corrected chi connectivity index (χ0v) is 21.6. The Morgan fingerprint density at radius 3 is 2.39 bits per heavy atom. The molecule has 2 heterocycles. The number of halogens is 1. The normalized spacial score (nSPS) is 14.2. The van der Waals surface area contributed by atoms with Crippen molar-refractivity contribution >= 4 is 59.7 Å². The molecule has 2 aromatic heterocycles. The van der Waals surface area contributed by atoms with Gasteiger partial charge in [0.05, 0.1) is 11.0 Å². The van der Waals surface area contributed by atoms with Crippen molar-refractivity contribution < 1.29 is 4.42 Å². The summed E-state index contributed by atoms with van der Waals surface area (Å²) >= 11 is 3.74. The van der Waals surface area contributed by atoms with E-state index in [1.165, 1.54) is 44.1 Å². The SMILES string of the molecule is CC1(C)c2ccccc2-c2cc3c(cc21)c1ccccc1n3-c1ccc2oc3cccc(Br)c3c2c1. The number of furan rings is 1. The molecule has 0 N–H and O–H groups in total. The molecule has 8 rings (SSSR count). The third-order valence-corrected chi connectivity index (χ3v) is 8.72. The van der Waals surface area contributed by atoms with Crippen LogP contribution in [0, 0.1) is 0 Å². The van der Waals surface area contributed by atoms with Crippen molar-refractivity contribution in [3.05, 3.63) is 113 Å². The zero-order valence-electron chi connectivity index (χ0n) is 20.0. The van der Waals surface area contributed by atoms with Crippen LogP contribution in [-0.4, -0.2) is 4.57 Å². The number of hydrogen-bond donors (Lipinski definition) is 0. The van der Waals surface area contributed by atoms with Gasteiger partial charge < -0.3 is 8.98 Å². The summed E-state index contributed by atoms with van der Waals surface area (Å²) in [6, 6.07) is 35.1. The van der Waals surface area contributed by atoms with Crippen LogP contribution in [-0.2, 0) is 5.41 Å². The van der Waals surface area contributed by atoms with Crippen molar-refractivity contribution in [2.75, 3.05) is 0 Å². The number of nitrogens with zero attached hydrogens (tertiary/aromatic N) is 1. The maximum atomic E-state index is 6.16. The Morgan fingerprint density at radius 2 is 1.47 bits per heavy atom. The predicted molar refractivity (Wildman–Crippen MR) is 153 cm³/mol. The summed E-state index contributed by atoms with van der Waals surface area (Å²) in [6.07, 6.45) is 0. The van der Waals surface area contributed by atoms with Gasteiger partial charge in [0.1, 0.15) is 11.2 Å². The summed E-state index contributed by atoms with van der Waals surface area (Å²) in [5.41, 5.74) is 10.8. The Morgan fingerprint density at radius 1 is 0.639 bits per heavy atom. The molecule has 0 saturated carbocycles. The monoisotopic (exact) mass is 527 g/mol. The fraction of sp³-hybridized carbons (Fsp3) is 0.0909. The number of benzene rings is 5. The van der Waals surface area contributed by atoms with Gasteiger partial charge in [0, 0.05) is 37.1 Å². The Balaban J connectivity index is 1.50. The maximum absolute atomic E-state index is 6.16. The van der Waals surface area contributed by atoms with Crippen molar-refractivity contribution in [3.63, 3.8) is 0 Å². The Hall–Kier alpha value is -3.82. The lowest BCUT2D eigenvalue weighted by Crippen LogP contribution is -2.14. The molecule has 0 amide bonds. The van der Waals surface area contributed by atoms with Gasteiger partial charge in [-0.15, -0.1) is 0 Å². The van der Waals surface area contributed by atoms with Gasteiger partial charge in [-0.25, -0.2) is 0 Å². The molecule has 0 spiro atoms. The number of fused-ring (bicyclic) bond motifs is 9. The second kappa shape index (κ2) is 6.89. The van der Waals surface area contributed by atoms with Gasteiger partial charge in [-0.1, -0.05) is 78.3 Å². The van der Waals surface area contributed by atoms with Crippen LogP contribution in [0.3, 0.4) is 0 Å². The Bertz CT molecular complexity index is 2040. The average Bonchev–Trinajstić information content (AvgIpc) is 3.50. The van der Waals surface area contributed by atoms with Gasteiger partial charge in [-0.2, -0.15) is 0 Å². The van der Waals surface area contributed by atoms with Crippen molar-refractivity contribution in [2.24, 2.45) is 0 Å². The largest absolute Gasteiger partial charge is 0.456 e. The number of hydrogen-bond acceptors (Lipinski definition) is 1. The lowest BCUT2D eigenvalue weighted by atomic mass is 9.82. The standard InChI is InChI=1S/C33H22BrNO/c1-33(2)25-10-5-3-8-20(25)22-18-29-23(17-26(22)33)21-9-4-6-12-28(21)35(29)19-14-15-30-24(16-19)32-27(34)11-7-13-31(32)36-30/h3-18H,1-2H3. The van der Waals surface area contributed by atoms with E-state index in [0.29, 0.717) is 0 Å². The molecule has 2 nitrogen and oxygen atoms in total. The van der Waals surface area contributed by atoms with Crippen LogP contribution in [0.2, 0.25) is 0 Å². The van der Waals surface area contributed by atoms with Gasteiger partial charge in [-0.05, 0) is 70.8 Å². The van der Waals surface area contributed by atoms with Crippen LogP contribution in [0.15, 0.2) is 106 Å². The van der Waals surface area contributed by atoms with E-state index in [1.807, 2.05) is 12.1 Å². The summed E-state index contributed by atoms with van der Waals surface area (Å²) in [6.45, 7) is 4.69. The molecule has 36 heavy (non-hydrogen) atoms. The minimum atomic E-state index is -0.0236. The second-order valence-electron chi connectivity index (χ2n) is 10.3. The lowest BCUT2D eigenvalue weighted by molar-refractivity contribution is 0.661. The van der Waals surface area contributed by atoms with Crippen molar-refractivity contribution in [3.8, 4) is 16.8 Å². The van der Waals surface area contributed by atoms with Crippen molar-refractivity contribution in [2.45, 2.75) is 19.3 Å². The molecule has 3 heteroatoms. The quantitative estimate of drug-likeness (QED) is 0.207. The maximum Gasteiger partial charge on any atom is 0.136 e. The molecule has 0 unspecified atom stereocenters. The summed E-state index contributed by atoms with van der Waals surface area (Å²) < 4.78 is 9.63. The van der Waals surface area contributed by atoms with Crippen LogP contribution in [0.1, 0.15) is 25.0 Å². The van der Waals surface area contributed by atoms with E-state index in [-0.39, 0.29) is 5.41 Å². The van der Waals surface area contributed by atoms with Gasteiger partial charge in [0.2, 0.25) is 0 Å². The molecule has 0 radical (unpaired) electrons. The van der Waals surface area contributed by atoms with E-state index in [9.17, 15) is 0 Å². The van der Waals surface area contributed by atoms with Crippen LogP contribution in [0.5, 0.6) is 0 Å². The van der Waals surface area contributed by atoms with Crippen LogP contribution in [0.25, 0.3) is 60.6 Å². The minimum absolute atomic E-state index is 0.0236. The van der Waals surface area contributed by atoms with Gasteiger partial charge in [-0.3, -0.25) is 0 Å². The zero-order chi connectivity index (χ0) is 24.2. The van der Waals surface area contributed by atoms with Crippen LogP contribution in [0.4, 0.5) is 0 Å². The summed E-state index contributed by atoms with van der Waals surface area (Å²) in [5, 5.41) is 4.81. The number of aromatic nitrogens is 1. The molecule has 7 aromatic rings. The third kappa shape index (κ3) is 2.51. The second-order valence-corrected chi connectivity index (χ2v) is 11.2. The third-order valence-electron chi connectivity index (χ3n) is 8.06. The summed E-state index contributed by atoms with van der Waals surface area (Å²) in [5.74, 6) is 0. The molecule has 1 aliphatic carbocycles. The van der Waals surface area contributed by atoms with E-state index >= 15 is 0 Å². The van der Waals surface area contributed by atoms with Crippen molar-refractivity contribution in [1.29, 1.82) is 0 Å².